The van der Waals surface area contributed by atoms with E-state index in [1.165, 1.54) is 43.3 Å². The summed E-state index contributed by atoms with van der Waals surface area (Å²) in [7, 11) is 0. The standard InChI is InChI=1S/C23H20ClFN2O6S/c1-3-32-22(30)13(2)27-21(29)19(34-23(27)31)11-14-8-9-18(15(24)10-14)33-12-20(28)26-17-7-5-4-6-16(17)25/h4-11,13H,3,12H2,1-2H3,(H,26,28)/b19-11+/t13-/m1/s1. The number of esters is 1. The Hall–Kier alpha value is -3.37. The van der Waals surface area contributed by atoms with E-state index in [1.54, 1.807) is 19.1 Å². The van der Waals surface area contributed by atoms with Crippen LogP contribution in [0.4, 0.5) is 14.9 Å². The van der Waals surface area contributed by atoms with E-state index in [0.29, 0.717) is 17.3 Å². The lowest BCUT2D eigenvalue weighted by Gasteiger charge is -2.19. The number of amides is 3. The van der Waals surface area contributed by atoms with E-state index in [9.17, 15) is 23.6 Å². The SMILES string of the molecule is CCOC(=O)[C@@H](C)N1C(=O)S/C(=C/c2ccc(OCC(=O)Nc3ccccc3F)c(Cl)c2)C1=O. The van der Waals surface area contributed by atoms with Crippen molar-refractivity contribution in [2.24, 2.45) is 0 Å². The number of halogens is 2. The highest BCUT2D eigenvalue weighted by molar-refractivity contribution is 8.18. The van der Waals surface area contributed by atoms with Gasteiger partial charge in [-0.1, -0.05) is 29.8 Å². The van der Waals surface area contributed by atoms with Gasteiger partial charge in [0.15, 0.2) is 6.61 Å². The summed E-state index contributed by atoms with van der Waals surface area (Å²) in [4.78, 5) is 49.8. The number of para-hydroxylation sites is 1. The summed E-state index contributed by atoms with van der Waals surface area (Å²) in [5, 5.41) is 1.98. The van der Waals surface area contributed by atoms with E-state index in [2.05, 4.69) is 5.32 Å². The van der Waals surface area contributed by atoms with Crippen LogP contribution in [-0.2, 0) is 19.1 Å². The van der Waals surface area contributed by atoms with Crippen LogP contribution in [0.5, 0.6) is 5.75 Å². The van der Waals surface area contributed by atoms with E-state index in [4.69, 9.17) is 21.1 Å². The lowest BCUT2D eigenvalue weighted by molar-refractivity contribution is -0.150. The van der Waals surface area contributed by atoms with Crippen LogP contribution in [0.25, 0.3) is 6.08 Å². The van der Waals surface area contributed by atoms with Crippen molar-refractivity contribution >= 4 is 58.1 Å². The monoisotopic (exact) mass is 506 g/mol. The minimum Gasteiger partial charge on any atom is -0.482 e. The summed E-state index contributed by atoms with van der Waals surface area (Å²) in [5.74, 6) is -2.23. The molecule has 178 valence electrons. The fraction of sp³-hybridized carbons (Fsp3) is 0.217. The van der Waals surface area contributed by atoms with Crippen molar-refractivity contribution in [2.75, 3.05) is 18.5 Å². The summed E-state index contributed by atoms with van der Waals surface area (Å²) >= 11 is 6.93. The Balaban J connectivity index is 1.65. The van der Waals surface area contributed by atoms with Gasteiger partial charge in [-0.2, -0.15) is 0 Å². The van der Waals surface area contributed by atoms with Gasteiger partial charge >= 0.3 is 5.97 Å². The molecular weight excluding hydrogens is 487 g/mol. The normalized spacial score (nSPS) is 15.4. The Labute approximate surface area is 204 Å². The van der Waals surface area contributed by atoms with Crippen LogP contribution < -0.4 is 10.1 Å². The summed E-state index contributed by atoms with van der Waals surface area (Å²) in [5.41, 5.74) is 0.534. The summed E-state index contributed by atoms with van der Waals surface area (Å²) in [6.07, 6.45) is 1.46. The van der Waals surface area contributed by atoms with Crippen molar-refractivity contribution in [2.45, 2.75) is 19.9 Å². The molecule has 3 amide bonds. The first-order valence-electron chi connectivity index (χ1n) is 10.1. The van der Waals surface area contributed by atoms with E-state index in [-0.39, 0.29) is 28.0 Å². The van der Waals surface area contributed by atoms with Crippen LogP contribution in [0, 0.1) is 5.82 Å². The Kier molecular flexibility index (Phi) is 8.30. The maximum absolute atomic E-state index is 13.6. The second-order valence-corrected chi connectivity index (χ2v) is 8.39. The first-order chi connectivity index (χ1) is 16.2. The third kappa shape index (κ3) is 5.95. The van der Waals surface area contributed by atoms with Crippen molar-refractivity contribution in [1.29, 1.82) is 0 Å². The highest BCUT2D eigenvalue weighted by Gasteiger charge is 2.41. The second kappa shape index (κ2) is 11.2. The van der Waals surface area contributed by atoms with Gasteiger partial charge in [0.05, 0.1) is 22.2 Å². The van der Waals surface area contributed by atoms with Gasteiger partial charge in [0.2, 0.25) is 0 Å². The molecule has 0 aliphatic carbocycles. The number of imide groups is 1. The number of hydrogen-bond donors (Lipinski definition) is 1. The molecule has 1 aliphatic rings. The molecule has 0 unspecified atom stereocenters. The van der Waals surface area contributed by atoms with E-state index < -0.39 is 41.5 Å². The summed E-state index contributed by atoms with van der Waals surface area (Å²) in [6.45, 7) is 2.78. The van der Waals surface area contributed by atoms with Gasteiger partial charge < -0.3 is 14.8 Å². The number of carbonyl (C=O) groups is 4. The lowest BCUT2D eigenvalue weighted by atomic mass is 10.2. The highest BCUT2D eigenvalue weighted by Crippen LogP contribution is 2.35. The third-order valence-corrected chi connectivity index (χ3v) is 5.78. The molecule has 1 atom stereocenters. The van der Waals surface area contributed by atoms with Crippen LogP contribution in [-0.4, -0.2) is 47.2 Å². The van der Waals surface area contributed by atoms with Crippen molar-refractivity contribution in [3.63, 3.8) is 0 Å². The fourth-order valence-corrected chi connectivity index (χ4v) is 4.10. The highest BCUT2D eigenvalue weighted by atomic mass is 35.5. The predicted octanol–water partition coefficient (Wildman–Crippen LogP) is 4.48. The average Bonchev–Trinajstić information content (AvgIpc) is 3.07. The van der Waals surface area contributed by atoms with Crippen LogP contribution >= 0.6 is 23.4 Å². The van der Waals surface area contributed by atoms with Gasteiger partial charge in [-0.05, 0) is 61.5 Å². The number of carbonyl (C=O) groups excluding carboxylic acids is 4. The zero-order chi connectivity index (χ0) is 24.8. The molecular formula is C23H20ClFN2O6S. The Morgan fingerprint density at radius 3 is 2.65 bits per heavy atom. The molecule has 2 aromatic rings. The first-order valence-corrected chi connectivity index (χ1v) is 11.3. The molecule has 1 aliphatic heterocycles. The molecule has 0 aromatic heterocycles. The van der Waals surface area contributed by atoms with Gasteiger partial charge in [-0.3, -0.25) is 19.3 Å². The number of hydrogen-bond acceptors (Lipinski definition) is 7. The van der Waals surface area contributed by atoms with Crippen molar-refractivity contribution in [3.8, 4) is 5.75 Å². The minimum absolute atomic E-state index is 0.0313. The Bertz CT molecular complexity index is 1170. The molecule has 0 saturated carbocycles. The van der Waals surface area contributed by atoms with Gasteiger partial charge in [0.25, 0.3) is 17.1 Å². The molecule has 1 fully saturated rings. The molecule has 34 heavy (non-hydrogen) atoms. The third-order valence-electron chi connectivity index (χ3n) is 4.60. The fourth-order valence-electron chi connectivity index (χ4n) is 2.95. The molecule has 2 aromatic carbocycles. The minimum atomic E-state index is -1.05. The molecule has 0 spiro atoms. The number of nitrogens with one attached hydrogen (secondary N) is 1. The number of rotatable bonds is 8. The molecule has 3 rings (SSSR count). The average molecular weight is 507 g/mol. The zero-order valence-electron chi connectivity index (χ0n) is 18.2. The number of nitrogens with zero attached hydrogens (tertiary/aromatic N) is 1. The first kappa shape index (κ1) is 25.3. The van der Waals surface area contributed by atoms with Gasteiger partial charge in [-0.25, -0.2) is 9.18 Å². The molecule has 11 heteroatoms. The predicted molar refractivity (Wildman–Crippen MR) is 126 cm³/mol. The number of thioether (sulfide) groups is 1. The van der Waals surface area contributed by atoms with E-state index >= 15 is 0 Å². The maximum Gasteiger partial charge on any atom is 0.329 e. The molecule has 1 saturated heterocycles. The zero-order valence-corrected chi connectivity index (χ0v) is 19.7. The van der Waals surface area contributed by atoms with Gasteiger partial charge in [0, 0.05) is 0 Å². The van der Waals surface area contributed by atoms with Crippen molar-refractivity contribution < 1.29 is 33.0 Å². The topological polar surface area (TPSA) is 102 Å². The van der Waals surface area contributed by atoms with Crippen LogP contribution in [0.2, 0.25) is 5.02 Å². The molecule has 8 nitrogen and oxygen atoms in total. The van der Waals surface area contributed by atoms with Gasteiger partial charge in [0.1, 0.15) is 17.6 Å². The number of ether oxygens (including phenoxy) is 2. The lowest BCUT2D eigenvalue weighted by Crippen LogP contribution is -2.42. The van der Waals surface area contributed by atoms with Crippen LogP contribution in [0.3, 0.4) is 0 Å². The molecule has 1 heterocycles. The van der Waals surface area contributed by atoms with Gasteiger partial charge in [-0.15, -0.1) is 0 Å². The summed E-state index contributed by atoms with van der Waals surface area (Å²) < 4.78 is 23.9. The number of anilines is 1. The van der Waals surface area contributed by atoms with E-state index in [0.717, 1.165) is 4.90 Å². The van der Waals surface area contributed by atoms with E-state index in [1.807, 2.05) is 0 Å². The van der Waals surface area contributed by atoms with Crippen LogP contribution in [0.15, 0.2) is 47.4 Å². The number of benzene rings is 2. The van der Waals surface area contributed by atoms with Crippen molar-refractivity contribution in [1.82, 2.24) is 4.90 Å². The maximum atomic E-state index is 13.6. The second-order valence-electron chi connectivity index (χ2n) is 6.99. The Morgan fingerprint density at radius 2 is 1.97 bits per heavy atom. The molecule has 0 radical (unpaired) electrons. The van der Waals surface area contributed by atoms with Crippen molar-refractivity contribution in [3.05, 3.63) is 63.8 Å². The largest absolute Gasteiger partial charge is 0.482 e. The Morgan fingerprint density at radius 1 is 1.24 bits per heavy atom. The molecule has 1 N–H and O–H groups in total. The quantitative estimate of drug-likeness (QED) is 0.416. The van der Waals surface area contributed by atoms with Crippen LogP contribution in [0.1, 0.15) is 19.4 Å². The summed E-state index contributed by atoms with van der Waals surface area (Å²) in [6, 6.07) is 9.25. The smallest absolute Gasteiger partial charge is 0.329 e. The molecule has 0 bridgehead atoms.